The van der Waals surface area contributed by atoms with Crippen molar-refractivity contribution in [1.82, 2.24) is 9.88 Å². The Balaban J connectivity index is 2.18. The summed E-state index contributed by atoms with van der Waals surface area (Å²) in [5.41, 5.74) is -0.992. The highest BCUT2D eigenvalue weighted by molar-refractivity contribution is 6.31. The van der Waals surface area contributed by atoms with Gasteiger partial charge in [-0.05, 0) is 23.8 Å². The fraction of sp³-hybridized carbons (Fsp3) is 0.200. The van der Waals surface area contributed by atoms with E-state index in [4.69, 9.17) is 11.6 Å². The first-order valence-electron chi connectivity index (χ1n) is 6.81. The van der Waals surface area contributed by atoms with E-state index in [1.54, 1.807) is 0 Å². The Morgan fingerprint density at radius 3 is 2.52 bits per heavy atom. The van der Waals surface area contributed by atoms with Gasteiger partial charge in [0.1, 0.15) is 5.69 Å². The van der Waals surface area contributed by atoms with Crippen LogP contribution < -0.4 is 0 Å². The second-order valence-electron chi connectivity index (χ2n) is 5.12. The third-order valence-electron chi connectivity index (χ3n) is 3.30. The summed E-state index contributed by atoms with van der Waals surface area (Å²) in [6.07, 6.45) is -3.76. The van der Waals surface area contributed by atoms with Gasteiger partial charge in [0, 0.05) is 36.9 Å². The Morgan fingerprint density at radius 2 is 2.00 bits per heavy atom. The van der Waals surface area contributed by atoms with Crippen molar-refractivity contribution in [2.45, 2.75) is 12.7 Å². The maximum atomic E-state index is 12.5. The minimum Gasteiger partial charge on any atom is -0.337 e. The zero-order valence-electron chi connectivity index (χ0n) is 12.7. The molecule has 1 amide bonds. The number of carbonyl (C=O) groups is 1. The number of pyridine rings is 1. The summed E-state index contributed by atoms with van der Waals surface area (Å²) in [6, 6.07) is 5.53. The summed E-state index contributed by atoms with van der Waals surface area (Å²) in [7, 11) is 1.40. The number of aromatic nitrogens is 1. The minimum absolute atomic E-state index is 0.0444. The van der Waals surface area contributed by atoms with Crippen molar-refractivity contribution in [2.24, 2.45) is 0 Å². The van der Waals surface area contributed by atoms with Crippen LogP contribution in [0.3, 0.4) is 0 Å². The van der Waals surface area contributed by atoms with Crippen LogP contribution in [0.2, 0.25) is 5.02 Å². The Morgan fingerprint density at radius 1 is 1.32 bits per heavy atom. The molecule has 0 aliphatic heterocycles. The summed E-state index contributed by atoms with van der Waals surface area (Å²) >= 11 is 5.97. The van der Waals surface area contributed by atoms with E-state index in [2.05, 4.69) is 4.98 Å². The van der Waals surface area contributed by atoms with E-state index < -0.39 is 22.7 Å². The molecule has 2 aromatic rings. The Kier molecular flexibility index (Phi) is 5.27. The highest BCUT2D eigenvalue weighted by Gasteiger charge is 2.32. The number of halogens is 4. The highest BCUT2D eigenvalue weighted by atomic mass is 35.5. The molecule has 25 heavy (non-hydrogen) atoms. The predicted molar refractivity (Wildman–Crippen MR) is 83.1 cm³/mol. The van der Waals surface area contributed by atoms with Gasteiger partial charge in [0.25, 0.3) is 11.6 Å². The van der Waals surface area contributed by atoms with Crippen molar-refractivity contribution in [3.8, 4) is 0 Å². The largest absolute Gasteiger partial charge is 0.433 e. The predicted octanol–water partition coefficient (Wildman–Crippen LogP) is 3.93. The number of nitro groups is 1. The first-order chi connectivity index (χ1) is 11.6. The van der Waals surface area contributed by atoms with Gasteiger partial charge in [0.15, 0.2) is 0 Å². The summed E-state index contributed by atoms with van der Waals surface area (Å²) in [5.74, 6) is -0.594. The molecule has 10 heteroatoms. The number of nitrogens with zero attached hydrogens (tertiary/aromatic N) is 3. The molecule has 1 aromatic carbocycles. The highest BCUT2D eigenvalue weighted by Crippen LogP contribution is 2.27. The van der Waals surface area contributed by atoms with E-state index in [0.29, 0.717) is 11.6 Å². The molecule has 132 valence electrons. The van der Waals surface area contributed by atoms with Crippen LogP contribution in [0, 0.1) is 10.1 Å². The first kappa shape index (κ1) is 18.7. The number of nitro benzene ring substituents is 1. The Labute approximate surface area is 145 Å². The van der Waals surface area contributed by atoms with Crippen LogP contribution >= 0.6 is 11.6 Å². The van der Waals surface area contributed by atoms with E-state index in [9.17, 15) is 28.1 Å². The van der Waals surface area contributed by atoms with Gasteiger partial charge in [0.05, 0.1) is 10.5 Å². The van der Waals surface area contributed by atoms with Gasteiger partial charge in [-0.1, -0.05) is 11.6 Å². The maximum Gasteiger partial charge on any atom is 0.433 e. The van der Waals surface area contributed by atoms with Gasteiger partial charge >= 0.3 is 6.18 Å². The first-order valence-corrected chi connectivity index (χ1v) is 7.19. The van der Waals surface area contributed by atoms with Crippen molar-refractivity contribution >= 4 is 23.2 Å². The van der Waals surface area contributed by atoms with Crippen molar-refractivity contribution in [1.29, 1.82) is 0 Å². The summed E-state index contributed by atoms with van der Waals surface area (Å²) in [4.78, 5) is 26.9. The fourth-order valence-corrected chi connectivity index (χ4v) is 2.21. The topological polar surface area (TPSA) is 76.3 Å². The van der Waals surface area contributed by atoms with E-state index in [-0.39, 0.29) is 22.8 Å². The molecule has 6 nitrogen and oxygen atoms in total. The smallest absolute Gasteiger partial charge is 0.337 e. The summed E-state index contributed by atoms with van der Waals surface area (Å²) in [6.45, 7) is -0.0552. The number of carbonyl (C=O) groups excluding carboxylic acids is 1. The lowest BCUT2D eigenvalue weighted by Gasteiger charge is -2.18. The lowest BCUT2D eigenvalue weighted by Crippen LogP contribution is -2.26. The normalized spacial score (nSPS) is 11.2. The number of non-ortho nitro benzene ring substituents is 1. The maximum absolute atomic E-state index is 12.5. The molecule has 0 bridgehead atoms. The van der Waals surface area contributed by atoms with E-state index in [1.807, 2.05) is 0 Å². The third-order valence-corrected chi connectivity index (χ3v) is 3.66. The quantitative estimate of drug-likeness (QED) is 0.601. The Bertz CT molecular complexity index is 810. The van der Waals surface area contributed by atoms with Gasteiger partial charge in [-0.15, -0.1) is 0 Å². The second kappa shape index (κ2) is 7.06. The molecular formula is C15H11ClF3N3O3. The molecule has 0 radical (unpaired) electrons. The number of amides is 1. The van der Waals surface area contributed by atoms with Crippen molar-refractivity contribution in [2.75, 3.05) is 7.05 Å². The van der Waals surface area contributed by atoms with Crippen LogP contribution in [0.15, 0.2) is 36.5 Å². The number of hydrogen-bond acceptors (Lipinski definition) is 4. The molecule has 0 saturated heterocycles. The summed E-state index contributed by atoms with van der Waals surface area (Å²) < 4.78 is 37.5. The monoisotopic (exact) mass is 373 g/mol. The molecule has 0 saturated carbocycles. The van der Waals surface area contributed by atoms with Gasteiger partial charge in [-0.3, -0.25) is 19.9 Å². The number of benzene rings is 1. The molecule has 0 aliphatic carbocycles. The SMILES string of the molecule is CN(Cc1cc([N+](=O)[O-])ccc1Cl)C(=O)c1ccc(C(F)(F)F)nc1. The fourth-order valence-electron chi connectivity index (χ4n) is 2.03. The van der Waals surface area contributed by atoms with E-state index in [1.165, 1.54) is 30.1 Å². The molecule has 2 rings (SSSR count). The average molecular weight is 374 g/mol. The number of alkyl halides is 3. The minimum atomic E-state index is -4.59. The Hall–Kier alpha value is -2.68. The van der Waals surface area contributed by atoms with Crippen molar-refractivity contribution in [3.63, 3.8) is 0 Å². The van der Waals surface area contributed by atoms with Crippen LogP contribution in [0.4, 0.5) is 18.9 Å². The lowest BCUT2D eigenvalue weighted by atomic mass is 10.1. The average Bonchev–Trinajstić information content (AvgIpc) is 2.55. The molecule has 0 fully saturated rings. The van der Waals surface area contributed by atoms with Crippen molar-refractivity contribution < 1.29 is 22.9 Å². The molecule has 0 N–H and O–H groups in total. The van der Waals surface area contributed by atoms with Crippen LogP contribution in [0.1, 0.15) is 21.6 Å². The van der Waals surface area contributed by atoms with Crippen molar-refractivity contribution in [3.05, 3.63) is 68.5 Å². The van der Waals surface area contributed by atoms with Gasteiger partial charge < -0.3 is 4.90 Å². The molecule has 0 aliphatic rings. The second-order valence-corrected chi connectivity index (χ2v) is 5.53. The number of hydrogen-bond donors (Lipinski definition) is 0. The van der Waals surface area contributed by atoms with Gasteiger partial charge in [-0.25, -0.2) is 0 Å². The van der Waals surface area contributed by atoms with Crippen LogP contribution in [0.5, 0.6) is 0 Å². The molecule has 1 aromatic heterocycles. The molecule has 1 heterocycles. The lowest BCUT2D eigenvalue weighted by molar-refractivity contribution is -0.384. The van der Waals surface area contributed by atoms with Crippen LogP contribution in [-0.2, 0) is 12.7 Å². The van der Waals surface area contributed by atoms with E-state index in [0.717, 1.165) is 12.3 Å². The van der Waals surface area contributed by atoms with Crippen LogP contribution in [-0.4, -0.2) is 27.8 Å². The zero-order chi connectivity index (χ0) is 18.8. The zero-order valence-corrected chi connectivity index (χ0v) is 13.5. The molecule has 0 atom stereocenters. The molecule has 0 spiro atoms. The standard InChI is InChI=1S/C15H11ClF3N3O3/c1-21(8-10-6-11(22(24)25)3-4-12(10)16)14(23)9-2-5-13(20-7-9)15(17,18)19/h2-7H,8H2,1H3. The molecule has 0 unspecified atom stereocenters. The van der Waals surface area contributed by atoms with E-state index >= 15 is 0 Å². The summed E-state index contributed by atoms with van der Waals surface area (Å²) in [5, 5.41) is 11.0. The van der Waals surface area contributed by atoms with Gasteiger partial charge in [-0.2, -0.15) is 13.2 Å². The number of rotatable bonds is 4. The third kappa shape index (κ3) is 4.44. The van der Waals surface area contributed by atoms with Gasteiger partial charge in [0.2, 0.25) is 0 Å². The van der Waals surface area contributed by atoms with Crippen LogP contribution in [0.25, 0.3) is 0 Å². The molecular weight excluding hydrogens is 363 g/mol.